The molecule has 154 valence electrons. The van der Waals surface area contributed by atoms with Gasteiger partial charge >= 0.3 is 0 Å². The molecular weight excluding hydrogens is 392 g/mol. The summed E-state index contributed by atoms with van der Waals surface area (Å²) < 4.78 is 29.8. The molecule has 30 heavy (non-hydrogen) atoms. The number of anilines is 1. The highest BCUT2D eigenvalue weighted by Gasteiger charge is 2.54. The number of rotatable bonds is 5. The van der Waals surface area contributed by atoms with Gasteiger partial charge in [-0.1, -0.05) is 48.0 Å². The van der Waals surface area contributed by atoms with E-state index in [-0.39, 0.29) is 11.6 Å². The lowest BCUT2D eigenvalue weighted by Crippen LogP contribution is -2.49. The van der Waals surface area contributed by atoms with Gasteiger partial charge in [-0.05, 0) is 66.8 Å². The summed E-state index contributed by atoms with van der Waals surface area (Å²) >= 11 is 0. The number of hydrogen-bond acceptors (Lipinski definition) is 3. The summed E-state index contributed by atoms with van der Waals surface area (Å²) in [6.07, 6.45) is 4.64. The number of aryl methyl sites for hydroxylation is 1. The Labute approximate surface area is 178 Å². The van der Waals surface area contributed by atoms with Crippen LogP contribution in [0.4, 0.5) is 5.69 Å². The maximum Gasteiger partial charge on any atom is 0.241 e. The predicted molar refractivity (Wildman–Crippen MR) is 122 cm³/mol. The summed E-state index contributed by atoms with van der Waals surface area (Å²) in [6.45, 7) is 6.88. The summed E-state index contributed by atoms with van der Waals surface area (Å²) in [4.78, 5) is 2.72. The molecule has 1 N–H and O–H groups in total. The third kappa shape index (κ3) is 2.88. The summed E-state index contributed by atoms with van der Waals surface area (Å²) in [6, 6.07) is 19.4. The van der Waals surface area contributed by atoms with Crippen LogP contribution in [0.25, 0.3) is 10.8 Å². The number of nitrogens with one attached hydrogen (secondary N) is 1. The Hall–Kier alpha value is -2.63. The Bertz CT molecular complexity index is 1230. The van der Waals surface area contributed by atoms with Crippen LogP contribution >= 0.6 is 0 Å². The Morgan fingerprint density at radius 1 is 1.13 bits per heavy atom. The van der Waals surface area contributed by atoms with Gasteiger partial charge in [0, 0.05) is 12.2 Å². The Morgan fingerprint density at radius 3 is 2.53 bits per heavy atom. The third-order valence-corrected chi connectivity index (χ3v) is 8.10. The molecule has 3 aromatic carbocycles. The molecule has 0 bridgehead atoms. The van der Waals surface area contributed by atoms with Crippen molar-refractivity contribution in [3.63, 3.8) is 0 Å². The predicted octanol–water partition coefficient (Wildman–Crippen LogP) is 5.10. The molecule has 0 radical (unpaired) electrons. The van der Waals surface area contributed by atoms with Gasteiger partial charge in [0.1, 0.15) is 0 Å². The maximum atomic E-state index is 13.4. The summed E-state index contributed by atoms with van der Waals surface area (Å²) in [7, 11) is -3.66. The van der Waals surface area contributed by atoms with E-state index in [2.05, 4.69) is 40.5 Å². The molecule has 2 aliphatic heterocycles. The van der Waals surface area contributed by atoms with Gasteiger partial charge in [-0.25, -0.2) is 13.1 Å². The fourth-order valence-corrected chi connectivity index (χ4v) is 6.54. The average Bonchev–Trinajstić information content (AvgIpc) is 3.24. The van der Waals surface area contributed by atoms with Crippen molar-refractivity contribution in [1.82, 2.24) is 4.72 Å². The van der Waals surface area contributed by atoms with Gasteiger partial charge in [0.2, 0.25) is 10.0 Å². The molecular formula is C25H26N2O2S. The van der Waals surface area contributed by atoms with Crippen LogP contribution in [0.5, 0.6) is 0 Å². The minimum atomic E-state index is -3.66. The summed E-state index contributed by atoms with van der Waals surface area (Å²) in [5, 5.41) is 2.31. The zero-order valence-corrected chi connectivity index (χ0v) is 18.0. The SMILES string of the molecule is C=CC[C@@]12CCCN1c1cc3ccccc3cc1[C@H]2NS(=O)(=O)c1ccc(C)cc1. The number of nitrogens with zero attached hydrogens (tertiary/aromatic N) is 1. The van der Waals surface area contributed by atoms with E-state index >= 15 is 0 Å². The van der Waals surface area contributed by atoms with Gasteiger partial charge in [-0.15, -0.1) is 6.58 Å². The van der Waals surface area contributed by atoms with Gasteiger partial charge in [-0.3, -0.25) is 0 Å². The summed E-state index contributed by atoms with van der Waals surface area (Å²) in [5.41, 5.74) is 2.94. The van der Waals surface area contributed by atoms with Crippen molar-refractivity contribution in [3.05, 3.63) is 84.4 Å². The molecule has 0 amide bonds. The fraction of sp³-hybridized carbons (Fsp3) is 0.280. The van der Waals surface area contributed by atoms with Gasteiger partial charge in [0.15, 0.2) is 0 Å². The molecule has 3 aromatic rings. The smallest absolute Gasteiger partial charge is 0.241 e. The average molecular weight is 419 g/mol. The van der Waals surface area contributed by atoms with Crippen molar-refractivity contribution in [2.45, 2.75) is 42.7 Å². The quantitative estimate of drug-likeness (QED) is 0.587. The standard InChI is InChI=1S/C25H26N2O2S/c1-3-13-25-14-6-15-27(25)23-17-20-8-5-4-7-19(20)16-22(23)24(25)26-30(28,29)21-11-9-18(2)10-12-21/h3-5,7-12,16-17,24,26H,1,6,13-15H2,2H3/t24-,25+/m1/s1. The zero-order chi connectivity index (χ0) is 20.9. The summed E-state index contributed by atoms with van der Waals surface area (Å²) in [5.74, 6) is 0. The Morgan fingerprint density at radius 2 is 1.83 bits per heavy atom. The molecule has 1 saturated heterocycles. The molecule has 2 heterocycles. The van der Waals surface area contributed by atoms with Gasteiger partial charge in [-0.2, -0.15) is 0 Å². The van der Waals surface area contributed by atoms with E-state index in [1.807, 2.05) is 37.3 Å². The lowest BCUT2D eigenvalue weighted by Gasteiger charge is -2.38. The first kappa shape index (κ1) is 19.3. The first-order chi connectivity index (χ1) is 14.4. The maximum absolute atomic E-state index is 13.4. The Kier molecular flexibility index (Phi) is 4.49. The van der Waals surface area contributed by atoms with Crippen LogP contribution in [0.15, 0.2) is 78.2 Å². The molecule has 0 saturated carbocycles. The molecule has 0 aliphatic carbocycles. The third-order valence-electron chi connectivity index (χ3n) is 6.67. The highest BCUT2D eigenvalue weighted by molar-refractivity contribution is 7.89. The van der Waals surface area contributed by atoms with Gasteiger partial charge < -0.3 is 4.90 Å². The monoisotopic (exact) mass is 418 g/mol. The highest BCUT2D eigenvalue weighted by atomic mass is 32.2. The van der Waals surface area contributed by atoms with Gasteiger partial charge in [0.05, 0.1) is 16.5 Å². The van der Waals surface area contributed by atoms with Crippen molar-refractivity contribution in [2.75, 3.05) is 11.4 Å². The van der Waals surface area contributed by atoms with Crippen molar-refractivity contribution in [3.8, 4) is 0 Å². The molecule has 0 spiro atoms. The van der Waals surface area contributed by atoms with Crippen LogP contribution in [0, 0.1) is 6.92 Å². The number of benzene rings is 3. The van der Waals surface area contributed by atoms with Crippen LogP contribution in [0.2, 0.25) is 0 Å². The number of hydrogen-bond donors (Lipinski definition) is 1. The van der Waals surface area contributed by atoms with E-state index in [9.17, 15) is 8.42 Å². The highest BCUT2D eigenvalue weighted by Crippen LogP contribution is 2.55. The molecule has 4 nitrogen and oxygen atoms in total. The van der Waals surface area contributed by atoms with Crippen molar-refractivity contribution >= 4 is 26.5 Å². The van der Waals surface area contributed by atoms with Crippen LogP contribution in [-0.4, -0.2) is 20.5 Å². The van der Waals surface area contributed by atoms with Crippen LogP contribution < -0.4 is 9.62 Å². The molecule has 5 rings (SSSR count). The van der Waals surface area contributed by atoms with Crippen LogP contribution in [0.3, 0.4) is 0 Å². The van der Waals surface area contributed by atoms with Crippen LogP contribution in [0.1, 0.15) is 36.4 Å². The van der Waals surface area contributed by atoms with Crippen molar-refractivity contribution in [1.29, 1.82) is 0 Å². The van der Waals surface area contributed by atoms with E-state index in [1.165, 1.54) is 5.39 Å². The van der Waals surface area contributed by atoms with E-state index in [1.54, 1.807) is 12.1 Å². The lowest BCUT2D eigenvalue weighted by atomic mass is 9.84. The van der Waals surface area contributed by atoms with Crippen molar-refractivity contribution in [2.24, 2.45) is 0 Å². The molecule has 2 atom stereocenters. The molecule has 2 aliphatic rings. The minimum Gasteiger partial charge on any atom is -0.363 e. The van der Waals surface area contributed by atoms with Crippen LogP contribution in [-0.2, 0) is 10.0 Å². The van der Waals surface area contributed by atoms with Crippen molar-refractivity contribution < 1.29 is 8.42 Å². The Balaban J connectivity index is 1.66. The zero-order valence-electron chi connectivity index (χ0n) is 17.1. The van der Waals surface area contributed by atoms with Gasteiger partial charge in [0.25, 0.3) is 0 Å². The fourth-order valence-electron chi connectivity index (χ4n) is 5.26. The second-order valence-corrected chi connectivity index (χ2v) is 10.2. The molecule has 0 unspecified atom stereocenters. The first-order valence-electron chi connectivity index (χ1n) is 10.4. The molecule has 5 heteroatoms. The minimum absolute atomic E-state index is 0.306. The largest absolute Gasteiger partial charge is 0.363 e. The number of sulfonamides is 1. The second kappa shape index (κ2) is 6.96. The van der Waals surface area contributed by atoms with E-state index in [0.717, 1.165) is 48.0 Å². The topological polar surface area (TPSA) is 49.4 Å². The van der Waals surface area contributed by atoms with E-state index in [4.69, 9.17) is 0 Å². The number of fused-ring (bicyclic) bond motifs is 4. The second-order valence-electron chi connectivity index (χ2n) is 8.48. The van der Waals surface area contributed by atoms with E-state index in [0.29, 0.717) is 4.90 Å². The first-order valence-corrected chi connectivity index (χ1v) is 11.9. The molecule has 1 fully saturated rings. The van der Waals surface area contributed by atoms with E-state index < -0.39 is 10.0 Å². The normalized spacial score (nSPS) is 22.8. The molecule has 0 aromatic heterocycles. The lowest BCUT2D eigenvalue weighted by molar-refractivity contribution is 0.354.